The zero-order valence-electron chi connectivity index (χ0n) is 11.7. The molecule has 0 unspecified atom stereocenters. The zero-order chi connectivity index (χ0) is 14.2. The molecule has 0 fully saturated rings. The molecule has 1 aromatic carbocycles. The Morgan fingerprint density at radius 2 is 1.58 bits per heavy atom. The van der Waals surface area contributed by atoms with E-state index in [4.69, 9.17) is 0 Å². The molecule has 0 amide bonds. The molecular weight excluding hydrogens is 349 g/mol. The monoisotopic (exact) mass is 367 g/mol. The molecule has 100 valence electrons. The maximum atomic E-state index is 12.0. The first-order valence-corrected chi connectivity index (χ1v) is 7.39. The predicted molar refractivity (Wildman–Crippen MR) is 87.9 cm³/mol. The van der Waals surface area contributed by atoms with Crippen LogP contribution in [0.4, 0.5) is 0 Å². The van der Waals surface area contributed by atoms with Gasteiger partial charge in [-0.25, -0.2) is 0 Å². The van der Waals surface area contributed by atoms with Gasteiger partial charge in [0.2, 0.25) is 0 Å². The van der Waals surface area contributed by atoms with E-state index in [1.54, 1.807) is 10.6 Å². The minimum Gasteiger partial charge on any atom is -0.311 e. The van der Waals surface area contributed by atoms with Gasteiger partial charge in [-0.15, -0.1) is 0 Å². The Morgan fingerprint density at radius 1 is 1.00 bits per heavy atom. The second kappa shape index (κ2) is 5.49. The number of halogens is 1. The van der Waals surface area contributed by atoms with Crippen LogP contribution in [-0.4, -0.2) is 4.57 Å². The van der Waals surface area contributed by atoms with Crippen molar-refractivity contribution in [3.63, 3.8) is 0 Å². The van der Waals surface area contributed by atoms with Gasteiger partial charge in [0, 0.05) is 15.8 Å². The van der Waals surface area contributed by atoms with Gasteiger partial charge in [0.1, 0.15) is 0 Å². The summed E-state index contributed by atoms with van der Waals surface area (Å²) in [5, 5.41) is 0. The van der Waals surface area contributed by atoms with Crippen molar-refractivity contribution in [1.82, 2.24) is 4.57 Å². The second-order valence-corrected chi connectivity index (χ2v) is 6.31. The molecular formula is C16H18INO. The van der Waals surface area contributed by atoms with E-state index in [0.29, 0.717) is 6.54 Å². The number of aromatic nitrogens is 1. The summed E-state index contributed by atoms with van der Waals surface area (Å²) in [4.78, 5) is 12.0. The first-order valence-electron chi connectivity index (χ1n) is 6.32. The topological polar surface area (TPSA) is 22.0 Å². The van der Waals surface area contributed by atoms with E-state index in [1.807, 2.05) is 13.1 Å². The average molecular weight is 367 g/mol. The molecule has 2 nitrogen and oxygen atoms in total. The molecule has 0 saturated carbocycles. The number of hydrogen-bond acceptors (Lipinski definition) is 1. The number of rotatable bonds is 2. The van der Waals surface area contributed by atoms with Crippen molar-refractivity contribution in [1.29, 1.82) is 0 Å². The fourth-order valence-electron chi connectivity index (χ4n) is 2.42. The van der Waals surface area contributed by atoms with Crippen molar-refractivity contribution < 1.29 is 0 Å². The van der Waals surface area contributed by atoms with Gasteiger partial charge in [-0.1, -0.05) is 17.7 Å². The normalized spacial score (nSPS) is 10.8. The minimum atomic E-state index is 0.0642. The number of hydrogen-bond donors (Lipinski definition) is 0. The maximum Gasteiger partial charge on any atom is 0.251 e. The van der Waals surface area contributed by atoms with E-state index in [-0.39, 0.29) is 5.56 Å². The van der Waals surface area contributed by atoms with Crippen molar-refractivity contribution >= 4 is 22.6 Å². The highest BCUT2D eigenvalue weighted by molar-refractivity contribution is 14.1. The summed E-state index contributed by atoms with van der Waals surface area (Å²) in [5.41, 5.74) is 6.22. The van der Waals surface area contributed by atoms with Crippen LogP contribution in [0.2, 0.25) is 0 Å². The highest BCUT2D eigenvalue weighted by Crippen LogP contribution is 2.17. The quantitative estimate of drug-likeness (QED) is 0.742. The lowest BCUT2D eigenvalue weighted by atomic mass is 10.00. The van der Waals surface area contributed by atoms with Crippen LogP contribution >= 0.6 is 22.6 Å². The van der Waals surface area contributed by atoms with Gasteiger partial charge in [0.15, 0.2) is 0 Å². The third-order valence-electron chi connectivity index (χ3n) is 3.43. The van der Waals surface area contributed by atoms with Crippen LogP contribution in [0.3, 0.4) is 0 Å². The number of benzene rings is 1. The van der Waals surface area contributed by atoms with Crippen LogP contribution in [0.25, 0.3) is 0 Å². The van der Waals surface area contributed by atoms with Crippen molar-refractivity contribution in [2.45, 2.75) is 34.2 Å². The fourth-order valence-corrected chi connectivity index (χ4v) is 2.82. The molecule has 0 saturated heterocycles. The molecule has 19 heavy (non-hydrogen) atoms. The molecule has 3 heteroatoms. The average Bonchev–Trinajstić information content (AvgIpc) is 2.29. The Labute approximate surface area is 127 Å². The summed E-state index contributed by atoms with van der Waals surface area (Å²) in [7, 11) is 0. The van der Waals surface area contributed by atoms with Crippen LogP contribution in [0.1, 0.15) is 27.8 Å². The molecule has 2 rings (SSSR count). The van der Waals surface area contributed by atoms with E-state index in [9.17, 15) is 4.79 Å². The minimum absolute atomic E-state index is 0.0642. The smallest absolute Gasteiger partial charge is 0.251 e. The number of aryl methyl sites for hydroxylation is 4. The zero-order valence-corrected chi connectivity index (χ0v) is 13.9. The van der Waals surface area contributed by atoms with Gasteiger partial charge >= 0.3 is 0 Å². The van der Waals surface area contributed by atoms with E-state index >= 15 is 0 Å². The number of nitrogens with zero attached hydrogens (tertiary/aromatic N) is 1. The van der Waals surface area contributed by atoms with Gasteiger partial charge in [-0.2, -0.15) is 0 Å². The molecule has 0 bridgehead atoms. The molecule has 0 spiro atoms. The SMILES string of the molecule is Cc1cc(C)c(Cn2cc(C)c(I)cc2=O)c(C)c1. The van der Waals surface area contributed by atoms with Crippen molar-refractivity contribution in [2.75, 3.05) is 0 Å². The molecule has 2 aromatic rings. The second-order valence-electron chi connectivity index (χ2n) is 5.15. The molecule has 0 radical (unpaired) electrons. The largest absolute Gasteiger partial charge is 0.311 e. The molecule has 0 atom stereocenters. The summed E-state index contributed by atoms with van der Waals surface area (Å²) < 4.78 is 2.82. The van der Waals surface area contributed by atoms with Gasteiger partial charge in [-0.3, -0.25) is 4.79 Å². The van der Waals surface area contributed by atoms with E-state index in [1.165, 1.54) is 22.3 Å². The summed E-state index contributed by atoms with van der Waals surface area (Å²) in [6, 6.07) is 6.05. The van der Waals surface area contributed by atoms with Gasteiger partial charge < -0.3 is 4.57 Å². The highest BCUT2D eigenvalue weighted by Gasteiger charge is 2.07. The van der Waals surface area contributed by atoms with Crippen LogP contribution in [0.15, 0.2) is 29.2 Å². The van der Waals surface area contributed by atoms with Crippen molar-refractivity contribution in [3.05, 3.63) is 66.1 Å². The Kier molecular flexibility index (Phi) is 4.13. The summed E-state index contributed by atoms with van der Waals surface area (Å²) in [5.74, 6) is 0. The van der Waals surface area contributed by atoms with Gasteiger partial charge in [-0.05, 0) is 72.5 Å². The molecule has 0 aliphatic heterocycles. The lowest BCUT2D eigenvalue weighted by Crippen LogP contribution is -2.21. The molecule has 1 aromatic heterocycles. The van der Waals surface area contributed by atoms with Crippen LogP contribution in [0.5, 0.6) is 0 Å². The Balaban J connectivity index is 2.48. The van der Waals surface area contributed by atoms with Gasteiger partial charge in [0.25, 0.3) is 5.56 Å². The summed E-state index contributed by atoms with van der Waals surface area (Å²) >= 11 is 2.20. The van der Waals surface area contributed by atoms with Crippen LogP contribution < -0.4 is 5.56 Å². The Morgan fingerprint density at radius 3 is 2.16 bits per heavy atom. The first kappa shape index (κ1) is 14.3. The van der Waals surface area contributed by atoms with E-state index < -0.39 is 0 Å². The lowest BCUT2D eigenvalue weighted by Gasteiger charge is -2.14. The highest BCUT2D eigenvalue weighted by atomic mass is 127. The molecule has 0 aliphatic carbocycles. The predicted octanol–water partition coefficient (Wildman–Crippen LogP) is 3.73. The van der Waals surface area contributed by atoms with E-state index in [0.717, 1.165) is 9.13 Å². The molecule has 0 aliphatic rings. The van der Waals surface area contributed by atoms with E-state index in [2.05, 4.69) is 55.5 Å². The third kappa shape index (κ3) is 3.08. The summed E-state index contributed by atoms with van der Waals surface area (Å²) in [6.07, 6.45) is 1.95. The summed E-state index contributed by atoms with van der Waals surface area (Å²) in [6.45, 7) is 9.01. The fraction of sp³-hybridized carbons (Fsp3) is 0.312. The maximum absolute atomic E-state index is 12.0. The van der Waals surface area contributed by atoms with Crippen LogP contribution in [0, 0.1) is 31.3 Å². The van der Waals surface area contributed by atoms with Gasteiger partial charge in [0.05, 0.1) is 6.54 Å². The standard InChI is InChI=1S/C16H18INO/c1-10-5-11(2)14(12(3)6-10)9-18-8-13(4)15(17)7-16(18)19/h5-8H,9H2,1-4H3. The lowest BCUT2D eigenvalue weighted by molar-refractivity contribution is 0.744. The van der Waals surface area contributed by atoms with Crippen molar-refractivity contribution in [3.8, 4) is 0 Å². The Bertz CT molecular complexity index is 663. The van der Waals surface area contributed by atoms with Crippen molar-refractivity contribution in [2.24, 2.45) is 0 Å². The molecule has 0 N–H and O–H groups in total. The number of pyridine rings is 1. The third-order valence-corrected chi connectivity index (χ3v) is 4.59. The van der Waals surface area contributed by atoms with Crippen LogP contribution in [-0.2, 0) is 6.54 Å². The molecule has 1 heterocycles. The Hall–Kier alpha value is -1.10. The first-order chi connectivity index (χ1) is 8.88.